The fourth-order valence-corrected chi connectivity index (χ4v) is 2.83. The van der Waals surface area contributed by atoms with E-state index < -0.39 is 0 Å². The Morgan fingerprint density at radius 3 is 2.42 bits per heavy atom. The highest BCUT2D eigenvalue weighted by atomic mass is 16.1. The van der Waals surface area contributed by atoms with Gasteiger partial charge in [-0.1, -0.05) is 30.3 Å². The molecule has 0 aliphatic rings. The molecule has 3 rings (SSSR count). The molecule has 1 heterocycles. The molecule has 0 saturated carbocycles. The molecule has 0 aliphatic carbocycles. The average Bonchev–Trinajstić information content (AvgIpc) is 3.08. The van der Waals surface area contributed by atoms with Crippen LogP contribution in [0.25, 0.3) is 5.69 Å². The van der Waals surface area contributed by atoms with Crippen LogP contribution in [0.15, 0.2) is 42.5 Å². The van der Waals surface area contributed by atoms with E-state index in [1.807, 2.05) is 51.1 Å². The van der Waals surface area contributed by atoms with E-state index in [-0.39, 0.29) is 18.5 Å². The Balaban J connectivity index is 1.75. The molecular weight excluding hydrogens is 328 g/mol. The maximum atomic E-state index is 12.4. The van der Waals surface area contributed by atoms with Crippen molar-refractivity contribution in [1.82, 2.24) is 25.5 Å². The third-order valence-electron chi connectivity index (χ3n) is 4.29. The second kappa shape index (κ2) is 7.45. The fraction of sp³-hybridized carbons (Fsp3) is 0.263. The van der Waals surface area contributed by atoms with Crippen molar-refractivity contribution in [3.05, 3.63) is 70.5 Å². The first-order valence-electron chi connectivity index (χ1n) is 8.45. The van der Waals surface area contributed by atoms with E-state index in [0.717, 1.165) is 22.4 Å². The van der Waals surface area contributed by atoms with E-state index >= 15 is 0 Å². The number of hydrogen-bond acceptors (Lipinski definition) is 5. The van der Waals surface area contributed by atoms with Gasteiger partial charge in [-0.3, -0.25) is 4.79 Å². The van der Waals surface area contributed by atoms with Crippen molar-refractivity contribution in [2.75, 3.05) is 0 Å². The Bertz CT molecular complexity index is 894. The minimum Gasteiger partial charge on any atom is -0.345 e. The van der Waals surface area contributed by atoms with Crippen LogP contribution in [-0.4, -0.2) is 26.1 Å². The summed E-state index contributed by atoms with van der Waals surface area (Å²) < 4.78 is 1.67. The van der Waals surface area contributed by atoms with Gasteiger partial charge in [0.1, 0.15) is 0 Å². The molecule has 3 aromatic rings. The number of aromatic nitrogens is 4. The zero-order chi connectivity index (χ0) is 18.7. The van der Waals surface area contributed by atoms with Crippen LogP contribution in [0.5, 0.6) is 0 Å². The highest BCUT2D eigenvalue weighted by molar-refractivity contribution is 5.94. The molecule has 7 heteroatoms. The number of nitrogens with zero attached hydrogens (tertiary/aromatic N) is 4. The lowest BCUT2D eigenvalue weighted by atomic mass is 10.1. The van der Waals surface area contributed by atoms with Gasteiger partial charge in [0, 0.05) is 11.6 Å². The monoisotopic (exact) mass is 350 g/mol. The molecule has 26 heavy (non-hydrogen) atoms. The third-order valence-corrected chi connectivity index (χ3v) is 4.29. The molecular formula is C19H22N6O. The largest absolute Gasteiger partial charge is 0.345 e. The van der Waals surface area contributed by atoms with Crippen LogP contribution in [0, 0.1) is 13.8 Å². The van der Waals surface area contributed by atoms with Gasteiger partial charge in [0.25, 0.3) is 5.91 Å². The van der Waals surface area contributed by atoms with E-state index in [2.05, 4.69) is 20.8 Å². The summed E-state index contributed by atoms with van der Waals surface area (Å²) in [7, 11) is 0. The molecule has 1 atom stereocenters. The highest BCUT2D eigenvalue weighted by Crippen LogP contribution is 2.18. The van der Waals surface area contributed by atoms with Gasteiger partial charge in [-0.2, -0.15) is 4.68 Å². The van der Waals surface area contributed by atoms with Gasteiger partial charge < -0.3 is 11.1 Å². The smallest absolute Gasteiger partial charge is 0.251 e. The lowest BCUT2D eigenvalue weighted by molar-refractivity contribution is 0.0949. The van der Waals surface area contributed by atoms with Crippen LogP contribution < -0.4 is 11.1 Å². The van der Waals surface area contributed by atoms with Crippen LogP contribution in [0.3, 0.4) is 0 Å². The number of nitrogens with one attached hydrogen (secondary N) is 1. The molecule has 3 N–H and O–H groups in total. The van der Waals surface area contributed by atoms with Crippen LogP contribution in [-0.2, 0) is 6.54 Å². The fourth-order valence-electron chi connectivity index (χ4n) is 2.83. The number of carbonyl (C=O) groups is 1. The summed E-state index contributed by atoms with van der Waals surface area (Å²) in [5, 5.41) is 14.8. The first-order chi connectivity index (χ1) is 12.5. The number of tetrazole rings is 1. The van der Waals surface area contributed by atoms with Crippen LogP contribution in [0.4, 0.5) is 0 Å². The summed E-state index contributed by atoms with van der Waals surface area (Å²) in [5.41, 5.74) is 10.5. The number of carbonyl (C=O) groups excluding carboxylic acids is 1. The lowest BCUT2D eigenvalue weighted by Crippen LogP contribution is -2.25. The summed E-state index contributed by atoms with van der Waals surface area (Å²) in [4.78, 5) is 12.4. The predicted molar refractivity (Wildman–Crippen MR) is 98.8 cm³/mol. The van der Waals surface area contributed by atoms with E-state index in [4.69, 9.17) is 5.73 Å². The Labute approximate surface area is 152 Å². The second-order valence-electron chi connectivity index (χ2n) is 6.34. The van der Waals surface area contributed by atoms with Gasteiger partial charge >= 0.3 is 0 Å². The Kier molecular flexibility index (Phi) is 5.09. The zero-order valence-corrected chi connectivity index (χ0v) is 15.1. The maximum Gasteiger partial charge on any atom is 0.251 e. The zero-order valence-electron chi connectivity index (χ0n) is 15.1. The summed E-state index contributed by atoms with van der Waals surface area (Å²) in [6.07, 6.45) is 0. The second-order valence-corrected chi connectivity index (χ2v) is 6.34. The van der Waals surface area contributed by atoms with Crippen LogP contribution in [0.2, 0.25) is 0 Å². The van der Waals surface area contributed by atoms with E-state index in [9.17, 15) is 4.79 Å². The summed E-state index contributed by atoms with van der Waals surface area (Å²) in [6.45, 7) is 6.15. The molecule has 0 unspecified atom stereocenters. The predicted octanol–water partition coefficient (Wildman–Crippen LogP) is 2.23. The quantitative estimate of drug-likeness (QED) is 0.735. The highest BCUT2D eigenvalue weighted by Gasteiger charge is 2.14. The minimum atomic E-state index is -0.183. The third kappa shape index (κ3) is 3.62. The maximum absolute atomic E-state index is 12.4. The van der Waals surface area contributed by atoms with Gasteiger partial charge in [-0.25, -0.2) is 0 Å². The van der Waals surface area contributed by atoms with Crippen molar-refractivity contribution < 1.29 is 4.79 Å². The normalized spacial score (nSPS) is 12.0. The van der Waals surface area contributed by atoms with Gasteiger partial charge in [0.05, 0.1) is 12.2 Å². The molecule has 0 spiro atoms. The van der Waals surface area contributed by atoms with E-state index in [1.165, 1.54) is 0 Å². The molecule has 0 bridgehead atoms. The number of aryl methyl sites for hydroxylation is 2. The number of amides is 1. The summed E-state index contributed by atoms with van der Waals surface area (Å²) in [6, 6.07) is 13.2. The van der Waals surface area contributed by atoms with Crippen molar-refractivity contribution in [1.29, 1.82) is 0 Å². The molecule has 7 nitrogen and oxygen atoms in total. The van der Waals surface area contributed by atoms with Gasteiger partial charge in [-0.05, 0) is 60.0 Å². The topological polar surface area (TPSA) is 98.7 Å². The first kappa shape index (κ1) is 17.8. The van der Waals surface area contributed by atoms with Gasteiger partial charge in [0.15, 0.2) is 5.82 Å². The van der Waals surface area contributed by atoms with Crippen molar-refractivity contribution in [3.8, 4) is 5.69 Å². The standard InChI is InChI=1S/C19H22N6O/c1-12-5-4-6-13(2)18(12)25-17(22-23-24-25)11-21-19(26)16-9-7-15(8-10-16)14(3)20/h4-10,14H,11,20H2,1-3H3,(H,21,26)/t14-/m1/s1. The number of para-hydroxylation sites is 1. The SMILES string of the molecule is Cc1cccc(C)c1-n1nnnc1CNC(=O)c1ccc([C@@H](C)N)cc1. The van der Waals surface area contributed by atoms with Gasteiger partial charge in [0.2, 0.25) is 0 Å². The number of rotatable bonds is 5. The summed E-state index contributed by atoms with van der Waals surface area (Å²) in [5.74, 6) is 0.389. The van der Waals surface area contributed by atoms with Crippen molar-refractivity contribution in [2.24, 2.45) is 5.73 Å². The molecule has 2 aromatic carbocycles. The first-order valence-corrected chi connectivity index (χ1v) is 8.45. The van der Waals surface area contributed by atoms with Crippen molar-refractivity contribution in [2.45, 2.75) is 33.4 Å². The minimum absolute atomic E-state index is 0.0610. The van der Waals surface area contributed by atoms with E-state index in [0.29, 0.717) is 11.4 Å². The molecule has 0 fully saturated rings. The molecule has 134 valence electrons. The lowest BCUT2D eigenvalue weighted by Gasteiger charge is -2.11. The summed E-state index contributed by atoms with van der Waals surface area (Å²) >= 11 is 0. The molecule has 1 aromatic heterocycles. The Morgan fingerprint density at radius 1 is 1.15 bits per heavy atom. The molecule has 0 saturated heterocycles. The van der Waals surface area contributed by atoms with Crippen molar-refractivity contribution >= 4 is 5.91 Å². The molecule has 0 aliphatic heterocycles. The van der Waals surface area contributed by atoms with E-state index in [1.54, 1.807) is 16.8 Å². The Hall–Kier alpha value is -3.06. The van der Waals surface area contributed by atoms with Gasteiger partial charge in [-0.15, -0.1) is 5.10 Å². The Morgan fingerprint density at radius 2 is 1.81 bits per heavy atom. The van der Waals surface area contributed by atoms with Crippen LogP contribution >= 0.6 is 0 Å². The average molecular weight is 350 g/mol. The number of benzene rings is 2. The molecule has 0 radical (unpaired) electrons. The molecule has 1 amide bonds. The van der Waals surface area contributed by atoms with Crippen molar-refractivity contribution in [3.63, 3.8) is 0 Å². The number of hydrogen-bond donors (Lipinski definition) is 2. The number of nitrogens with two attached hydrogens (primary N) is 1. The van der Waals surface area contributed by atoms with Crippen LogP contribution in [0.1, 0.15) is 45.8 Å².